The maximum Gasteiger partial charge on any atom is 0.243 e. The highest BCUT2D eigenvalue weighted by Gasteiger charge is 2.36. The molecule has 0 atom stereocenters. The van der Waals surface area contributed by atoms with Gasteiger partial charge in [-0.05, 0) is 31.3 Å². The average Bonchev–Trinajstić information content (AvgIpc) is 2.81. The summed E-state index contributed by atoms with van der Waals surface area (Å²) in [6.45, 7) is 2.16. The van der Waals surface area contributed by atoms with Crippen LogP contribution in [0.5, 0.6) is 0 Å². The van der Waals surface area contributed by atoms with E-state index in [-0.39, 0.29) is 22.8 Å². The van der Waals surface area contributed by atoms with Crippen molar-refractivity contribution in [3.8, 4) is 0 Å². The largest absolute Gasteiger partial charge is 0.304 e. The van der Waals surface area contributed by atoms with Gasteiger partial charge in [0.05, 0.1) is 16.3 Å². The van der Waals surface area contributed by atoms with E-state index in [1.807, 2.05) is 7.05 Å². The first-order chi connectivity index (χ1) is 11.2. The first-order valence-electron chi connectivity index (χ1n) is 7.56. The highest BCUT2D eigenvalue weighted by molar-refractivity contribution is 7.94. The van der Waals surface area contributed by atoms with Gasteiger partial charge < -0.3 is 4.90 Å². The number of sulfonamides is 2. The number of benzene rings is 1. The van der Waals surface area contributed by atoms with Gasteiger partial charge in [-0.3, -0.25) is 4.79 Å². The Morgan fingerprint density at radius 2 is 1.58 bits per heavy atom. The van der Waals surface area contributed by atoms with Gasteiger partial charge in [0.1, 0.15) is 0 Å². The Hall–Kier alpha value is -1.49. The van der Waals surface area contributed by atoms with E-state index in [0.29, 0.717) is 26.2 Å². The second-order valence-corrected chi connectivity index (χ2v) is 9.80. The number of likely N-dealkylation sites (N-methyl/N-ethyl adjacent to an activating group) is 1. The summed E-state index contributed by atoms with van der Waals surface area (Å²) in [7, 11) is -5.32. The van der Waals surface area contributed by atoms with E-state index in [0.717, 1.165) is 4.31 Å². The van der Waals surface area contributed by atoms with Gasteiger partial charge in [0, 0.05) is 32.6 Å². The molecule has 0 unspecified atom stereocenters. The predicted molar refractivity (Wildman–Crippen MR) is 88.6 cm³/mol. The number of carbonyl (C=O) groups is 1. The topological polar surface area (TPSA) is 95.1 Å². The first-order valence-corrected chi connectivity index (χ1v) is 10.6. The van der Waals surface area contributed by atoms with Gasteiger partial charge in [-0.25, -0.2) is 21.1 Å². The van der Waals surface area contributed by atoms with Crippen molar-refractivity contribution in [1.29, 1.82) is 0 Å². The van der Waals surface area contributed by atoms with Crippen LogP contribution >= 0.6 is 0 Å². The zero-order valence-electron chi connectivity index (χ0n) is 13.3. The minimum Gasteiger partial charge on any atom is -0.304 e. The lowest BCUT2D eigenvalue weighted by molar-refractivity contribution is -0.116. The molecule has 2 heterocycles. The molecule has 2 fully saturated rings. The summed E-state index contributed by atoms with van der Waals surface area (Å²) in [6.07, 6.45) is -0.0519. The van der Waals surface area contributed by atoms with Crippen molar-refractivity contribution in [2.24, 2.45) is 0 Å². The number of nitrogens with zero attached hydrogens (tertiary/aromatic N) is 3. The normalized spacial score (nSPS) is 22.9. The van der Waals surface area contributed by atoms with Crippen molar-refractivity contribution < 1.29 is 21.6 Å². The molecule has 0 aliphatic carbocycles. The second-order valence-electron chi connectivity index (χ2n) is 5.93. The molecule has 2 aliphatic rings. The molecule has 10 heteroatoms. The Kier molecular flexibility index (Phi) is 4.41. The summed E-state index contributed by atoms with van der Waals surface area (Å²) < 4.78 is 51.2. The molecule has 0 saturated carbocycles. The monoisotopic (exact) mass is 373 g/mol. The fraction of sp³-hybridized carbons (Fsp3) is 0.500. The fourth-order valence-electron chi connectivity index (χ4n) is 2.80. The highest BCUT2D eigenvalue weighted by atomic mass is 32.2. The molecule has 8 nitrogen and oxygen atoms in total. The summed E-state index contributed by atoms with van der Waals surface area (Å²) in [4.78, 5) is 13.9. The van der Waals surface area contributed by atoms with Crippen molar-refractivity contribution >= 4 is 31.6 Å². The molecular formula is C14H19N3O5S2. The zero-order valence-corrected chi connectivity index (χ0v) is 14.9. The molecule has 1 aromatic rings. The van der Waals surface area contributed by atoms with Gasteiger partial charge in [-0.15, -0.1) is 0 Å². The molecule has 24 heavy (non-hydrogen) atoms. The summed E-state index contributed by atoms with van der Waals surface area (Å²) >= 11 is 0. The zero-order chi connectivity index (χ0) is 17.5. The van der Waals surface area contributed by atoms with Gasteiger partial charge in [-0.2, -0.15) is 4.31 Å². The molecule has 1 aromatic carbocycles. The van der Waals surface area contributed by atoms with Crippen molar-refractivity contribution in [1.82, 2.24) is 9.21 Å². The lowest BCUT2D eigenvalue weighted by Gasteiger charge is -2.31. The molecule has 1 amide bonds. The van der Waals surface area contributed by atoms with Gasteiger partial charge in [0.2, 0.25) is 26.0 Å². The molecule has 0 aromatic heterocycles. The molecular weight excluding hydrogens is 354 g/mol. The van der Waals surface area contributed by atoms with Crippen molar-refractivity contribution in [3.05, 3.63) is 24.3 Å². The molecule has 2 saturated heterocycles. The van der Waals surface area contributed by atoms with E-state index in [1.165, 1.54) is 28.6 Å². The third-order valence-electron chi connectivity index (χ3n) is 4.25. The summed E-state index contributed by atoms with van der Waals surface area (Å²) in [5.41, 5.74) is 0.176. The second kappa shape index (κ2) is 6.10. The van der Waals surface area contributed by atoms with Crippen LogP contribution in [0.2, 0.25) is 0 Å². The average molecular weight is 373 g/mol. The SMILES string of the molecule is CN1CCN(S(=O)(=O)c2ccc(N3C(=O)CCS3(=O)=O)cc2)CC1. The first kappa shape index (κ1) is 17.3. The van der Waals surface area contributed by atoms with Crippen molar-refractivity contribution in [2.45, 2.75) is 11.3 Å². The minimum atomic E-state index is -3.65. The Morgan fingerprint density at radius 1 is 1.00 bits per heavy atom. The number of carbonyl (C=O) groups excluding carboxylic acids is 1. The van der Waals surface area contributed by atoms with Gasteiger partial charge in [0.15, 0.2) is 0 Å². The van der Waals surface area contributed by atoms with Gasteiger partial charge in [0.25, 0.3) is 0 Å². The van der Waals surface area contributed by atoms with Crippen LogP contribution in [0, 0.1) is 0 Å². The molecule has 132 valence electrons. The number of hydrogen-bond acceptors (Lipinski definition) is 6. The number of anilines is 1. The number of amides is 1. The van der Waals surface area contributed by atoms with E-state index in [1.54, 1.807) is 0 Å². The Morgan fingerprint density at radius 3 is 2.08 bits per heavy atom. The van der Waals surface area contributed by atoms with Crippen LogP contribution in [0.3, 0.4) is 0 Å². The van der Waals surface area contributed by atoms with Crippen LogP contribution in [0.25, 0.3) is 0 Å². The van der Waals surface area contributed by atoms with E-state index < -0.39 is 26.0 Å². The summed E-state index contributed by atoms with van der Waals surface area (Å²) in [5.74, 6) is -0.711. The minimum absolute atomic E-state index is 0.0519. The molecule has 3 rings (SSSR count). The van der Waals surface area contributed by atoms with Crippen LogP contribution in [-0.4, -0.2) is 70.9 Å². The predicted octanol–water partition coefficient (Wildman–Crippen LogP) is -0.311. The summed E-state index contributed by atoms with van der Waals surface area (Å²) in [5, 5.41) is 0. The quantitative estimate of drug-likeness (QED) is 0.721. The Balaban J connectivity index is 1.86. The van der Waals surface area contributed by atoms with E-state index in [2.05, 4.69) is 4.90 Å². The van der Waals surface area contributed by atoms with Gasteiger partial charge in [-0.1, -0.05) is 0 Å². The van der Waals surface area contributed by atoms with E-state index >= 15 is 0 Å². The summed E-state index contributed by atoms with van der Waals surface area (Å²) in [6, 6.07) is 5.43. The van der Waals surface area contributed by atoms with Crippen molar-refractivity contribution in [3.63, 3.8) is 0 Å². The maximum absolute atomic E-state index is 12.6. The Labute approximate surface area is 141 Å². The molecule has 0 spiro atoms. The van der Waals surface area contributed by atoms with E-state index in [4.69, 9.17) is 0 Å². The molecule has 0 radical (unpaired) electrons. The number of hydrogen-bond donors (Lipinski definition) is 0. The van der Waals surface area contributed by atoms with Crippen LogP contribution in [0.15, 0.2) is 29.2 Å². The lowest BCUT2D eigenvalue weighted by atomic mass is 10.3. The van der Waals surface area contributed by atoms with Crippen LogP contribution < -0.4 is 4.31 Å². The lowest BCUT2D eigenvalue weighted by Crippen LogP contribution is -2.47. The van der Waals surface area contributed by atoms with Crippen LogP contribution in [0.1, 0.15) is 6.42 Å². The standard InChI is InChI=1S/C14H19N3O5S2/c1-15-7-9-16(10-8-15)24(21,22)13-4-2-12(3-5-13)17-14(18)6-11-23(17,19)20/h2-5H,6-11H2,1H3. The number of rotatable bonds is 3. The molecule has 2 aliphatic heterocycles. The van der Waals surface area contributed by atoms with Crippen LogP contribution in [0.4, 0.5) is 5.69 Å². The Bertz CT molecular complexity index is 841. The smallest absolute Gasteiger partial charge is 0.243 e. The highest BCUT2D eigenvalue weighted by Crippen LogP contribution is 2.27. The fourth-order valence-corrected chi connectivity index (χ4v) is 5.68. The molecule has 0 bridgehead atoms. The third-order valence-corrected chi connectivity index (χ3v) is 7.85. The van der Waals surface area contributed by atoms with Crippen LogP contribution in [-0.2, 0) is 24.8 Å². The maximum atomic E-state index is 12.6. The number of piperazine rings is 1. The van der Waals surface area contributed by atoms with E-state index in [9.17, 15) is 21.6 Å². The molecule has 0 N–H and O–H groups in total. The third kappa shape index (κ3) is 3.06. The van der Waals surface area contributed by atoms with Gasteiger partial charge >= 0.3 is 0 Å². The van der Waals surface area contributed by atoms with Crippen molar-refractivity contribution in [2.75, 3.05) is 43.3 Å².